The topological polar surface area (TPSA) is 26.3 Å². The second-order valence-corrected chi connectivity index (χ2v) is 5.33. The Morgan fingerprint density at radius 3 is 2.29 bits per heavy atom. The fourth-order valence-corrected chi connectivity index (χ4v) is 3.29. The number of hydrogen-bond donors (Lipinski definition) is 0. The van der Waals surface area contributed by atoms with E-state index in [9.17, 15) is 18.0 Å². The summed E-state index contributed by atoms with van der Waals surface area (Å²) in [5.41, 5.74) is 0.162. The monoisotopic (exact) mass is 250 g/mol. The molecule has 2 aliphatic rings. The zero-order chi connectivity index (χ0) is 12.5. The third-order valence-corrected chi connectivity index (χ3v) is 4.06. The third kappa shape index (κ3) is 2.93. The normalized spacial score (nSPS) is 28.3. The van der Waals surface area contributed by atoms with Gasteiger partial charge in [-0.15, -0.1) is 0 Å². The van der Waals surface area contributed by atoms with Crippen LogP contribution < -0.4 is 0 Å². The van der Waals surface area contributed by atoms with Gasteiger partial charge in [0, 0.05) is 0 Å². The molecule has 17 heavy (non-hydrogen) atoms. The van der Waals surface area contributed by atoms with E-state index in [4.69, 9.17) is 0 Å². The lowest BCUT2D eigenvalue weighted by Gasteiger charge is -2.37. The maximum Gasteiger partial charge on any atom is 0.490 e. The SMILES string of the molecule is O=C(O[C@H]1CCCC2(CCCC2)C1)C(F)(F)F. The number of carbonyl (C=O) groups is 1. The highest BCUT2D eigenvalue weighted by molar-refractivity contribution is 5.75. The van der Waals surface area contributed by atoms with Crippen LogP contribution in [0.4, 0.5) is 13.2 Å². The molecule has 2 saturated carbocycles. The van der Waals surface area contributed by atoms with Gasteiger partial charge in [0.2, 0.25) is 0 Å². The van der Waals surface area contributed by atoms with E-state index in [1.165, 1.54) is 0 Å². The van der Waals surface area contributed by atoms with Crippen molar-refractivity contribution >= 4 is 5.97 Å². The van der Waals surface area contributed by atoms with Crippen molar-refractivity contribution in [2.45, 2.75) is 63.6 Å². The molecule has 0 heterocycles. The molecule has 2 aliphatic carbocycles. The summed E-state index contributed by atoms with van der Waals surface area (Å²) in [5.74, 6) is -2.03. The lowest BCUT2D eigenvalue weighted by atomic mass is 9.72. The molecule has 5 heteroatoms. The Balaban J connectivity index is 1.92. The highest BCUT2D eigenvalue weighted by Gasteiger charge is 2.45. The molecule has 0 aromatic heterocycles. The van der Waals surface area contributed by atoms with Crippen LogP contribution in [-0.2, 0) is 9.53 Å². The number of hydrogen-bond acceptors (Lipinski definition) is 2. The van der Waals surface area contributed by atoms with Crippen molar-refractivity contribution in [3.63, 3.8) is 0 Å². The van der Waals surface area contributed by atoms with Gasteiger partial charge in [-0.25, -0.2) is 4.79 Å². The number of ether oxygens (including phenoxy) is 1. The van der Waals surface area contributed by atoms with E-state index in [1.54, 1.807) is 0 Å². The molecular formula is C12H17F3O2. The van der Waals surface area contributed by atoms with E-state index >= 15 is 0 Å². The molecule has 2 nitrogen and oxygen atoms in total. The average Bonchev–Trinajstić information content (AvgIpc) is 2.65. The first-order valence-corrected chi connectivity index (χ1v) is 6.19. The smallest absolute Gasteiger partial charge is 0.456 e. The lowest BCUT2D eigenvalue weighted by molar-refractivity contribution is -0.207. The Morgan fingerprint density at radius 1 is 1.12 bits per heavy atom. The Hall–Kier alpha value is -0.740. The van der Waals surface area contributed by atoms with Gasteiger partial charge in [-0.2, -0.15) is 13.2 Å². The Kier molecular flexibility index (Phi) is 3.36. The predicted molar refractivity (Wildman–Crippen MR) is 55.3 cm³/mol. The van der Waals surface area contributed by atoms with Gasteiger partial charge in [0.15, 0.2) is 0 Å². The molecule has 0 saturated heterocycles. The van der Waals surface area contributed by atoms with Crippen LogP contribution in [-0.4, -0.2) is 18.2 Å². The van der Waals surface area contributed by atoms with Crippen molar-refractivity contribution in [2.24, 2.45) is 5.41 Å². The van der Waals surface area contributed by atoms with Crippen molar-refractivity contribution in [3.8, 4) is 0 Å². The van der Waals surface area contributed by atoms with Crippen LogP contribution in [0.1, 0.15) is 51.4 Å². The number of esters is 1. The highest BCUT2D eigenvalue weighted by atomic mass is 19.4. The van der Waals surface area contributed by atoms with Crippen LogP contribution in [0.5, 0.6) is 0 Å². The zero-order valence-corrected chi connectivity index (χ0v) is 9.68. The second kappa shape index (κ2) is 4.50. The minimum Gasteiger partial charge on any atom is -0.456 e. The van der Waals surface area contributed by atoms with Gasteiger partial charge in [0.05, 0.1) is 0 Å². The van der Waals surface area contributed by atoms with Gasteiger partial charge >= 0.3 is 12.1 Å². The zero-order valence-electron chi connectivity index (χ0n) is 9.68. The largest absolute Gasteiger partial charge is 0.490 e. The number of rotatable bonds is 1. The Labute approximate surface area is 98.5 Å². The van der Waals surface area contributed by atoms with Crippen LogP contribution in [0, 0.1) is 5.41 Å². The first-order valence-electron chi connectivity index (χ1n) is 6.19. The first kappa shape index (κ1) is 12.7. The first-order chi connectivity index (χ1) is 7.91. The van der Waals surface area contributed by atoms with Gasteiger partial charge in [-0.05, 0) is 43.9 Å². The lowest BCUT2D eigenvalue weighted by Crippen LogP contribution is -2.36. The van der Waals surface area contributed by atoms with Crippen molar-refractivity contribution in [2.75, 3.05) is 0 Å². The van der Waals surface area contributed by atoms with E-state index < -0.39 is 18.2 Å². The molecule has 0 aromatic carbocycles. The summed E-state index contributed by atoms with van der Waals surface area (Å²) in [6, 6.07) is 0. The Morgan fingerprint density at radius 2 is 1.71 bits per heavy atom. The molecule has 0 amide bonds. The summed E-state index contributed by atoms with van der Waals surface area (Å²) >= 11 is 0. The van der Waals surface area contributed by atoms with Crippen LogP contribution >= 0.6 is 0 Å². The van der Waals surface area contributed by atoms with Crippen molar-refractivity contribution in [1.82, 2.24) is 0 Å². The summed E-state index contributed by atoms with van der Waals surface area (Å²) in [5, 5.41) is 0. The van der Waals surface area contributed by atoms with Gasteiger partial charge in [0.25, 0.3) is 0 Å². The van der Waals surface area contributed by atoms with Crippen molar-refractivity contribution in [1.29, 1.82) is 0 Å². The molecule has 1 spiro atoms. The van der Waals surface area contributed by atoms with Gasteiger partial charge in [-0.3, -0.25) is 0 Å². The van der Waals surface area contributed by atoms with Crippen molar-refractivity contribution in [3.05, 3.63) is 0 Å². The third-order valence-electron chi connectivity index (χ3n) is 4.06. The minimum absolute atomic E-state index is 0.162. The molecule has 0 aromatic rings. The molecule has 0 unspecified atom stereocenters. The molecule has 2 fully saturated rings. The average molecular weight is 250 g/mol. The van der Waals surface area contributed by atoms with Crippen LogP contribution in [0.25, 0.3) is 0 Å². The minimum atomic E-state index is -4.86. The van der Waals surface area contributed by atoms with Crippen molar-refractivity contribution < 1.29 is 22.7 Å². The van der Waals surface area contributed by atoms with Crippen LogP contribution in [0.3, 0.4) is 0 Å². The highest BCUT2D eigenvalue weighted by Crippen LogP contribution is 2.49. The Bertz CT molecular complexity index is 293. The molecule has 0 radical (unpaired) electrons. The second-order valence-electron chi connectivity index (χ2n) is 5.33. The summed E-state index contributed by atoms with van der Waals surface area (Å²) < 4.78 is 40.9. The summed E-state index contributed by atoms with van der Waals surface area (Å²) in [6.07, 6.45) is 2.21. The fourth-order valence-electron chi connectivity index (χ4n) is 3.29. The fraction of sp³-hybridized carbons (Fsp3) is 0.917. The number of carbonyl (C=O) groups excluding carboxylic acids is 1. The maximum absolute atomic E-state index is 12.1. The van der Waals surface area contributed by atoms with E-state index in [-0.39, 0.29) is 5.41 Å². The maximum atomic E-state index is 12.1. The molecular weight excluding hydrogens is 233 g/mol. The van der Waals surface area contributed by atoms with E-state index in [0.717, 1.165) is 38.5 Å². The van der Waals surface area contributed by atoms with Gasteiger partial charge < -0.3 is 4.74 Å². The molecule has 0 N–H and O–H groups in total. The van der Waals surface area contributed by atoms with Gasteiger partial charge in [-0.1, -0.05) is 12.8 Å². The molecule has 0 bridgehead atoms. The molecule has 1 atom stereocenters. The number of halogens is 3. The quantitative estimate of drug-likeness (QED) is 0.665. The summed E-state index contributed by atoms with van der Waals surface area (Å²) in [6.45, 7) is 0. The summed E-state index contributed by atoms with van der Waals surface area (Å²) in [4.78, 5) is 10.8. The van der Waals surface area contributed by atoms with Crippen LogP contribution in [0.15, 0.2) is 0 Å². The van der Waals surface area contributed by atoms with Gasteiger partial charge in [0.1, 0.15) is 6.10 Å². The molecule has 0 aliphatic heterocycles. The number of alkyl halides is 3. The van der Waals surface area contributed by atoms with E-state index in [2.05, 4.69) is 4.74 Å². The van der Waals surface area contributed by atoms with E-state index in [1.807, 2.05) is 0 Å². The molecule has 2 rings (SSSR count). The van der Waals surface area contributed by atoms with E-state index in [0.29, 0.717) is 12.8 Å². The standard InChI is InChI=1S/C12H17F3O2/c13-12(14,15)10(16)17-9-4-3-7-11(8-9)5-1-2-6-11/h9H,1-8H2/t9-/m0/s1. The summed E-state index contributed by atoms with van der Waals surface area (Å²) in [7, 11) is 0. The molecule has 98 valence electrons. The predicted octanol–water partition coefficient (Wildman–Crippen LogP) is 3.59. The van der Waals surface area contributed by atoms with Crippen LogP contribution in [0.2, 0.25) is 0 Å².